The van der Waals surface area contributed by atoms with Crippen LogP contribution in [0.25, 0.3) is 0 Å². The van der Waals surface area contributed by atoms with Crippen molar-refractivity contribution in [1.29, 1.82) is 0 Å². The van der Waals surface area contributed by atoms with Crippen LogP contribution in [0.1, 0.15) is 23.7 Å². The summed E-state index contributed by atoms with van der Waals surface area (Å²) in [5, 5.41) is 2.18. The first-order valence-electron chi connectivity index (χ1n) is 5.02. The smallest absolute Gasteiger partial charge is 0.0940 e. The molecular weight excluding hydrogens is 260 g/mol. The summed E-state index contributed by atoms with van der Waals surface area (Å²) < 4.78 is 0. The summed E-state index contributed by atoms with van der Waals surface area (Å²) in [6.07, 6.45) is 3.05. The Bertz CT molecular complexity index is 258. The third-order valence-corrected chi connectivity index (χ3v) is 4.30. The van der Waals surface area contributed by atoms with E-state index >= 15 is 0 Å². The van der Waals surface area contributed by atoms with Gasteiger partial charge < -0.3 is 4.90 Å². The number of aromatic nitrogens is 1. The van der Waals surface area contributed by atoms with Crippen LogP contribution in [0.2, 0.25) is 0 Å². The zero-order valence-electron chi connectivity index (χ0n) is 8.79. The van der Waals surface area contributed by atoms with E-state index in [0.717, 1.165) is 31.4 Å². The van der Waals surface area contributed by atoms with Gasteiger partial charge in [-0.2, -0.15) is 0 Å². The predicted molar refractivity (Wildman–Crippen MR) is 66.2 cm³/mol. The van der Waals surface area contributed by atoms with E-state index in [0.29, 0.717) is 0 Å². The summed E-state index contributed by atoms with van der Waals surface area (Å²) in [6, 6.07) is 0. The van der Waals surface area contributed by atoms with E-state index in [9.17, 15) is 0 Å². The van der Waals surface area contributed by atoms with Crippen molar-refractivity contribution in [2.24, 2.45) is 0 Å². The second-order valence-electron chi connectivity index (χ2n) is 3.13. The molecule has 0 N–H and O–H groups in total. The molecule has 0 unspecified atom stereocenters. The lowest BCUT2D eigenvalue weighted by Crippen LogP contribution is -2.25. The van der Waals surface area contributed by atoms with Gasteiger partial charge in [-0.1, -0.05) is 29.8 Å². The molecule has 0 atom stereocenters. The number of hydrogen-bond donors (Lipinski definition) is 0. The van der Waals surface area contributed by atoms with Crippen molar-refractivity contribution in [2.45, 2.75) is 25.6 Å². The fourth-order valence-electron chi connectivity index (χ4n) is 1.32. The SMILES string of the molecule is CCN(CC)CCc1ncc(CBr)s1. The monoisotopic (exact) mass is 276 g/mol. The largest absolute Gasteiger partial charge is 0.303 e. The number of halogens is 1. The minimum Gasteiger partial charge on any atom is -0.303 e. The van der Waals surface area contributed by atoms with Crippen LogP contribution in [0.3, 0.4) is 0 Å². The van der Waals surface area contributed by atoms with Gasteiger partial charge in [0.05, 0.1) is 5.01 Å². The number of rotatable bonds is 6. The van der Waals surface area contributed by atoms with Gasteiger partial charge in [-0.25, -0.2) is 4.98 Å². The molecule has 14 heavy (non-hydrogen) atoms. The highest BCUT2D eigenvalue weighted by molar-refractivity contribution is 9.08. The molecule has 2 nitrogen and oxygen atoms in total. The topological polar surface area (TPSA) is 16.1 Å². The van der Waals surface area contributed by atoms with Crippen LogP contribution in [0.5, 0.6) is 0 Å². The zero-order chi connectivity index (χ0) is 10.4. The van der Waals surface area contributed by atoms with E-state index in [-0.39, 0.29) is 0 Å². The lowest BCUT2D eigenvalue weighted by Gasteiger charge is -2.16. The van der Waals surface area contributed by atoms with E-state index < -0.39 is 0 Å². The Labute approximate surface area is 98.5 Å². The number of thiazole rings is 1. The van der Waals surface area contributed by atoms with Gasteiger partial charge in [-0.05, 0) is 13.1 Å². The van der Waals surface area contributed by atoms with Gasteiger partial charge in [0, 0.05) is 29.4 Å². The third-order valence-electron chi connectivity index (χ3n) is 2.27. The predicted octanol–water partition coefficient (Wildman–Crippen LogP) is 2.92. The van der Waals surface area contributed by atoms with Crippen LogP contribution in [-0.4, -0.2) is 29.5 Å². The summed E-state index contributed by atoms with van der Waals surface area (Å²) in [5.41, 5.74) is 0. The van der Waals surface area contributed by atoms with Crippen molar-refractivity contribution in [1.82, 2.24) is 9.88 Å². The van der Waals surface area contributed by atoms with Crippen LogP contribution >= 0.6 is 27.3 Å². The van der Waals surface area contributed by atoms with Gasteiger partial charge in [0.2, 0.25) is 0 Å². The Morgan fingerprint density at radius 3 is 2.64 bits per heavy atom. The second kappa shape index (κ2) is 6.53. The van der Waals surface area contributed by atoms with Gasteiger partial charge in [0.25, 0.3) is 0 Å². The molecule has 0 aliphatic heterocycles. The highest BCUT2D eigenvalue weighted by atomic mass is 79.9. The molecule has 0 aromatic carbocycles. The molecule has 0 fully saturated rings. The average Bonchev–Trinajstić information content (AvgIpc) is 2.67. The Morgan fingerprint density at radius 1 is 1.43 bits per heavy atom. The lowest BCUT2D eigenvalue weighted by atomic mass is 10.4. The molecule has 4 heteroatoms. The van der Waals surface area contributed by atoms with Gasteiger partial charge >= 0.3 is 0 Å². The summed E-state index contributed by atoms with van der Waals surface area (Å²) in [4.78, 5) is 8.13. The van der Waals surface area contributed by atoms with Crippen molar-refractivity contribution in [2.75, 3.05) is 19.6 Å². The van der Waals surface area contributed by atoms with Crippen molar-refractivity contribution >= 4 is 27.3 Å². The Balaban J connectivity index is 2.37. The molecule has 0 aliphatic carbocycles. The standard InChI is InChI=1S/C10H17BrN2S/c1-3-13(4-2)6-5-10-12-8-9(7-11)14-10/h8H,3-7H2,1-2H3. The van der Waals surface area contributed by atoms with Crippen LogP contribution in [0.4, 0.5) is 0 Å². The van der Waals surface area contributed by atoms with E-state index in [1.165, 1.54) is 9.88 Å². The maximum Gasteiger partial charge on any atom is 0.0940 e. The molecule has 0 saturated heterocycles. The van der Waals surface area contributed by atoms with Crippen molar-refractivity contribution in [3.05, 3.63) is 16.1 Å². The van der Waals surface area contributed by atoms with Crippen molar-refractivity contribution < 1.29 is 0 Å². The molecule has 1 heterocycles. The van der Waals surface area contributed by atoms with Crippen LogP contribution in [0, 0.1) is 0 Å². The second-order valence-corrected chi connectivity index (χ2v) is 4.89. The molecule has 0 radical (unpaired) electrons. The van der Waals surface area contributed by atoms with Crippen LogP contribution in [-0.2, 0) is 11.8 Å². The molecule has 80 valence electrons. The molecule has 0 spiro atoms. The fourth-order valence-corrected chi connectivity index (χ4v) is 2.57. The van der Waals surface area contributed by atoms with Crippen molar-refractivity contribution in [3.63, 3.8) is 0 Å². The van der Waals surface area contributed by atoms with E-state index in [2.05, 4.69) is 39.7 Å². The zero-order valence-corrected chi connectivity index (χ0v) is 11.2. The molecule has 0 amide bonds. The first kappa shape index (κ1) is 12.1. The van der Waals surface area contributed by atoms with Gasteiger partial charge in [0.1, 0.15) is 0 Å². The number of alkyl halides is 1. The normalized spacial score (nSPS) is 11.1. The molecule has 0 aliphatic rings. The van der Waals surface area contributed by atoms with E-state index in [4.69, 9.17) is 0 Å². The summed E-state index contributed by atoms with van der Waals surface area (Å²) in [7, 11) is 0. The third kappa shape index (κ3) is 3.67. The molecule has 0 bridgehead atoms. The molecule has 1 rings (SSSR count). The summed E-state index contributed by atoms with van der Waals surface area (Å²) in [6.45, 7) is 7.80. The molecule has 0 saturated carbocycles. The summed E-state index contributed by atoms with van der Waals surface area (Å²) >= 11 is 5.25. The maximum absolute atomic E-state index is 4.39. The average molecular weight is 277 g/mol. The molecule has 1 aromatic rings. The van der Waals surface area contributed by atoms with Crippen LogP contribution in [0.15, 0.2) is 6.20 Å². The Morgan fingerprint density at radius 2 is 2.14 bits per heavy atom. The first-order valence-corrected chi connectivity index (χ1v) is 6.95. The minimum absolute atomic E-state index is 0.927. The van der Waals surface area contributed by atoms with E-state index in [1.807, 2.05) is 17.5 Å². The quantitative estimate of drug-likeness (QED) is 0.743. The fraction of sp³-hybridized carbons (Fsp3) is 0.700. The lowest BCUT2D eigenvalue weighted by molar-refractivity contribution is 0.308. The Hall–Kier alpha value is 0.0700. The van der Waals surface area contributed by atoms with Crippen molar-refractivity contribution in [3.8, 4) is 0 Å². The van der Waals surface area contributed by atoms with Gasteiger partial charge in [0.15, 0.2) is 0 Å². The van der Waals surface area contributed by atoms with E-state index in [1.54, 1.807) is 0 Å². The van der Waals surface area contributed by atoms with Gasteiger partial charge in [-0.3, -0.25) is 0 Å². The number of nitrogens with zero attached hydrogens (tertiary/aromatic N) is 2. The highest BCUT2D eigenvalue weighted by Crippen LogP contribution is 2.16. The number of likely N-dealkylation sites (N-methyl/N-ethyl adjacent to an activating group) is 1. The summed E-state index contributed by atoms with van der Waals surface area (Å²) in [5.74, 6) is 0. The maximum atomic E-state index is 4.39. The first-order chi connectivity index (χ1) is 6.80. The Kier molecular flexibility index (Phi) is 5.67. The molecule has 1 aromatic heterocycles. The van der Waals surface area contributed by atoms with Gasteiger partial charge in [-0.15, -0.1) is 11.3 Å². The van der Waals surface area contributed by atoms with Crippen LogP contribution < -0.4 is 0 Å². The molecular formula is C10H17BrN2S. The number of hydrogen-bond acceptors (Lipinski definition) is 3. The highest BCUT2D eigenvalue weighted by Gasteiger charge is 2.03. The minimum atomic E-state index is 0.927.